The Bertz CT molecular complexity index is 3600. The highest BCUT2D eigenvalue weighted by Crippen LogP contribution is 2.40. The maximum atomic E-state index is 13.8. The van der Waals surface area contributed by atoms with Crippen molar-refractivity contribution in [2.75, 3.05) is 182 Å². The number of unbranched alkanes of at least 4 members (excludes halogenated alkanes) is 1. The van der Waals surface area contributed by atoms with Crippen molar-refractivity contribution < 1.29 is 110 Å². The summed E-state index contributed by atoms with van der Waals surface area (Å²) in [7, 11) is -14.0. The smallest absolute Gasteiger partial charge is 0.339 e. The lowest BCUT2D eigenvalue weighted by atomic mass is 10.1. The molecule has 0 aliphatic carbocycles. The Labute approximate surface area is 621 Å². The number of sulfonamides is 1. The van der Waals surface area contributed by atoms with Crippen LogP contribution in [0.15, 0.2) is 53.8 Å². The molecule has 42 heteroatoms. The fourth-order valence-electron chi connectivity index (χ4n) is 11.4. The predicted molar refractivity (Wildman–Crippen MR) is 390 cm³/mol. The maximum absolute atomic E-state index is 13.8. The molecule has 3 heterocycles. The van der Waals surface area contributed by atoms with Crippen LogP contribution < -0.4 is 41.4 Å². The number of benzene rings is 2. The van der Waals surface area contributed by atoms with Gasteiger partial charge in [0.05, 0.1) is 75.8 Å². The number of rotatable bonds is 51. The number of hydrogen-bond acceptors (Lipinski definition) is 24. The summed E-state index contributed by atoms with van der Waals surface area (Å²) in [6.07, 6.45) is 5.63. The third-order valence-electron chi connectivity index (χ3n) is 16.6. The van der Waals surface area contributed by atoms with Crippen molar-refractivity contribution >= 4 is 89.5 Å². The monoisotopic (exact) mass is 1570 g/mol. The number of amides is 5. The van der Waals surface area contributed by atoms with Gasteiger partial charge in [-0.05, 0) is 107 Å². The molecule has 2 aromatic carbocycles. The molecule has 39 nitrogen and oxygen atoms in total. The molecule has 1 saturated heterocycles. The summed E-state index contributed by atoms with van der Waals surface area (Å²) in [6.45, 7) is 10.3. The largest absolute Gasteiger partial charge is 0.494 e. The number of nitrogens with zero attached hydrogens (tertiary/aromatic N) is 8. The average molecular weight is 1570 g/mol. The molecular formula is C65H106N16O23P2S. The van der Waals surface area contributed by atoms with Gasteiger partial charge in [0, 0.05) is 135 Å². The molecule has 1 aliphatic rings. The number of ether oxygens (including phenoxy) is 4. The molecular weight excluding hydrogens is 1470 g/mol. The van der Waals surface area contributed by atoms with Gasteiger partial charge in [-0.2, -0.15) is 9.82 Å². The summed E-state index contributed by atoms with van der Waals surface area (Å²) in [5.74, 6) is -5.17. The molecule has 5 rings (SSSR count). The first-order valence-electron chi connectivity index (χ1n) is 35.3. The highest BCUT2D eigenvalue weighted by molar-refractivity contribution is 7.89. The van der Waals surface area contributed by atoms with Crippen LogP contribution >= 0.6 is 15.2 Å². The number of carbonyl (C=O) groups excluding carboxylic acids is 5. The van der Waals surface area contributed by atoms with Crippen molar-refractivity contribution in [1.82, 2.24) is 75.6 Å². The molecule has 15 N–H and O–H groups in total. The van der Waals surface area contributed by atoms with E-state index in [0.717, 1.165) is 11.9 Å². The van der Waals surface area contributed by atoms with Gasteiger partial charge in [-0.3, -0.25) is 71.8 Å². The fourth-order valence-corrected chi connectivity index (χ4v) is 14.6. The number of carboxylic acid groups (broad SMARTS) is 3. The Morgan fingerprint density at radius 1 is 0.636 bits per heavy atom. The quantitative estimate of drug-likeness (QED) is 0.0187. The van der Waals surface area contributed by atoms with Gasteiger partial charge in [0.25, 0.3) is 5.91 Å². The number of imidazole rings is 1. The summed E-state index contributed by atoms with van der Waals surface area (Å²) >= 11 is 0. The molecule has 0 spiro atoms. The number of nitrogens with one attached hydrogen (secondary N) is 8. The van der Waals surface area contributed by atoms with E-state index in [0.29, 0.717) is 100 Å². The fraction of sp³-hybridized carbons (Fsp3) is 0.631. The van der Waals surface area contributed by atoms with E-state index in [2.05, 4.69) is 56.6 Å². The molecule has 0 unspecified atom stereocenters. The molecule has 2 atom stereocenters. The van der Waals surface area contributed by atoms with E-state index in [9.17, 15) is 90.8 Å². The van der Waals surface area contributed by atoms with Crippen molar-refractivity contribution in [2.45, 2.75) is 95.7 Å². The van der Waals surface area contributed by atoms with Gasteiger partial charge in [0.1, 0.15) is 30.4 Å². The minimum Gasteiger partial charge on any atom is -0.494 e. The van der Waals surface area contributed by atoms with E-state index in [4.69, 9.17) is 18.9 Å². The normalized spacial score (nSPS) is 14.7. The Hall–Kier alpha value is -7.63. The Balaban J connectivity index is 0.955. The van der Waals surface area contributed by atoms with Gasteiger partial charge >= 0.3 is 33.1 Å². The van der Waals surface area contributed by atoms with Gasteiger partial charge in [0.15, 0.2) is 5.95 Å². The number of hydrogen-bond donors (Lipinski definition) is 15. The minimum atomic E-state index is -4.79. The van der Waals surface area contributed by atoms with Crippen molar-refractivity contribution in [3.05, 3.63) is 65.6 Å². The Morgan fingerprint density at radius 3 is 1.76 bits per heavy atom. The van der Waals surface area contributed by atoms with Crippen LogP contribution in [0.2, 0.25) is 0 Å². The van der Waals surface area contributed by atoms with Crippen LogP contribution in [0.1, 0.15) is 79.8 Å². The lowest BCUT2D eigenvalue weighted by Gasteiger charge is -2.33. The van der Waals surface area contributed by atoms with E-state index in [1.165, 1.54) is 12.1 Å². The van der Waals surface area contributed by atoms with Crippen LogP contribution in [0, 0.1) is 13.8 Å². The number of carboxylic acids is 3. The van der Waals surface area contributed by atoms with Gasteiger partial charge in [-0.15, -0.1) is 0 Å². The SMILES string of the molecule is CCN1CCN(CC(=O)O)CCN(CC(=O)N[C@H](CCCCNC(=O)CN(CP(=O)(O)O)CP(=O)(O)O)C(=O)NCCCOCCOCCOCCCNC(=O)CCCOc2cc(C)c(S(=O)(=O)N[C@@H](CNC(=O)c3ccc4c(cnn4CCCNc4ncc[nH]4)c3)C(=O)O)c(C)c2)CCN(CC(=O)O)CC1. The molecule has 600 valence electrons. The van der Waals surface area contributed by atoms with E-state index >= 15 is 0 Å². The topological polar surface area (TPSA) is 530 Å². The number of fused-ring (bicyclic) bond motifs is 1. The number of aromatic amines is 1. The van der Waals surface area contributed by atoms with Crippen molar-refractivity contribution in [1.29, 1.82) is 0 Å². The standard InChI is InChI=1S/C65H106N16O23P2S/c1-4-76-22-24-78(44-59(85)86)28-26-77(27-29-79(25-23-76)45-60(87)88)43-58(84)74-53(11-5-6-15-67-57(83)42-80(46-105(93,94)95)47-106(96,97)98)63(90)68-18-10-31-102-34-36-103-35-33-101-30-9-17-66-56(82)12-7-32-104-52-37-48(2)61(49(3)38-52)107(99,100)75-54(64(91)92)41-72-62(89)50-13-14-55-51(39-50)40-73-81(55)21-8-16-69-65-70-19-20-71-65/h13-14,19-20,37-40,53-54,75H,4-12,15-18,21-36,41-47H2,1-3H3,(H,66,82)(H,67,83)(H,68,90)(H,72,89)(H,74,84)(H,85,86)(H,87,88)(H,91,92)(H2,69,70,71)(H2,93,94,95)(H2,96,97,98)/t53-,54+/m1/s1. The van der Waals surface area contributed by atoms with Gasteiger partial charge in [0.2, 0.25) is 33.7 Å². The number of H-pyrrole nitrogens is 1. The lowest BCUT2D eigenvalue weighted by molar-refractivity contribution is -0.139. The molecule has 5 amide bonds. The van der Waals surface area contributed by atoms with E-state index in [1.54, 1.807) is 70.0 Å². The van der Waals surface area contributed by atoms with Gasteiger partial charge < -0.3 is 95.6 Å². The Morgan fingerprint density at radius 2 is 1.20 bits per heavy atom. The summed E-state index contributed by atoms with van der Waals surface area (Å²) < 4.78 is 77.2. The number of aryl methyl sites for hydroxylation is 3. The molecule has 2 aromatic heterocycles. The average Bonchev–Trinajstić information content (AvgIpc) is 1.23. The summed E-state index contributed by atoms with van der Waals surface area (Å²) in [4.78, 5) is 154. The summed E-state index contributed by atoms with van der Waals surface area (Å²) in [5, 5.41) is 51.0. The zero-order chi connectivity index (χ0) is 78.4. The molecule has 0 bridgehead atoms. The number of aromatic nitrogens is 4. The van der Waals surface area contributed by atoms with Crippen LogP contribution in [0.3, 0.4) is 0 Å². The first-order valence-corrected chi connectivity index (χ1v) is 40.4. The number of likely N-dealkylation sites (N-methyl/N-ethyl adjacent to an activating group) is 1. The second-order valence-corrected chi connectivity index (χ2v) is 30.4. The van der Waals surface area contributed by atoms with Crippen LogP contribution in [-0.4, -0.2) is 324 Å². The van der Waals surface area contributed by atoms with Gasteiger partial charge in [-0.25, -0.2) is 13.4 Å². The molecule has 1 fully saturated rings. The first-order chi connectivity index (χ1) is 50.9. The van der Waals surface area contributed by atoms with Crippen molar-refractivity contribution in [3.63, 3.8) is 0 Å². The number of aliphatic carboxylic acids is 3. The third kappa shape index (κ3) is 36.9. The van der Waals surface area contributed by atoms with Crippen LogP contribution in [-0.2, 0) is 73.5 Å². The molecule has 0 radical (unpaired) electrons. The summed E-state index contributed by atoms with van der Waals surface area (Å²) in [5.41, 5.74) is 1.59. The number of carbonyl (C=O) groups is 8. The van der Waals surface area contributed by atoms with Crippen molar-refractivity contribution in [3.8, 4) is 5.75 Å². The second-order valence-electron chi connectivity index (χ2n) is 25.6. The van der Waals surface area contributed by atoms with Crippen LogP contribution in [0.4, 0.5) is 5.95 Å². The van der Waals surface area contributed by atoms with E-state index in [1.807, 2.05) is 6.92 Å². The van der Waals surface area contributed by atoms with Crippen LogP contribution in [0.5, 0.6) is 5.75 Å². The molecule has 4 aromatic rings. The third-order valence-corrected chi connectivity index (χ3v) is 19.9. The maximum Gasteiger partial charge on any atom is 0.339 e. The van der Waals surface area contributed by atoms with Gasteiger partial charge in [-0.1, -0.05) is 6.92 Å². The number of anilines is 1. The first kappa shape index (κ1) is 90.0. The minimum absolute atomic E-state index is 0.00552. The zero-order valence-electron chi connectivity index (χ0n) is 60.8. The van der Waals surface area contributed by atoms with E-state index in [-0.39, 0.29) is 152 Å². The highest BCUT2D eigenvalue weighted by atomic mass is 32.2. The molecule has 0 saturated carbocycles. The zero-order valence-corrected chi connectivity index (χ0v) is 63.4. The van der Waals surface area contributed by atoms with E-state index < -0.39 is 104 Å². The predicted octanol–water partition coefficient (Wildman–Crippen LogP) is -0.984. The Kier molecular flexibility index (Phi) is 39.8. The lowest BCUT2D eigenvalue weighted by Crippen LogP contribution is -2.52. The highest BCUT2D eigenvalue weighted by Gasteiger charge is 2.31. The summed E-state index contributed by atoms with van der Waals surface area (Å²) in [6, 6.07) is 5.16. The van der Waals surface area contributed by atoms with Crippen molar-refractivity contribution in [2.24, 2.45) is 0 Å². The second kappa shape index (κ2) is 47.3. The molecule has 107 heavy (non-hydrogen) atoms. The van der Waals surface area contributed by atoms with Crippen LogP contribution in [0.25, 0.3) is 10.9 Å². The molecule has 1 aliphatic heterocycles.